The number of carbonyl (C=O) groups is 1. The molecule has 1 fully saturated rings. The van der Waals surface area contributed by atoms with Gasteiger partial charge in [0.1, 0.15) is 5.82 Å². The average molecular weight is 489 g/mol. The molecular formula is C27H25FN4O2S. The number of halogens is 1. The van der Waals surface area contributed by atoms with Crippen molar-refractivity contribution >= 4 is 23.4 Å². The maximum Gasteiger partial charge on any atom is 0.255 e. The molecule has 1 aromatic heterocycles. The summed E-state index contributed by atoms with van der Waals surface area (Å²) in [6.45, 7) is 1.42. The second-order valence-corrected chi connectivity index (χ2v) is 9.31. The van der Waals surface area contributed by atoms with Gasteiger partial charge in [-0.05, 0) is 66.9 Å². The van der Waals surface area contributed by atoms with Crippen LogP contribution in [0.15, 0.2) is 84.0 Å². The molecule has 2 heterocycles. The van der Waals surface area contributed by atoms with Gasteiger partial charge >= 0.3 is 0 Å². The number of thioether (sulfide) groups is 1. The fraction of sp³-hybridized carbons (Fsp3) is 0.222. The molecule has 1 aliphatic heterocycles. The first-order valence-corrected chi connectivity index (χ1v) is 12.5. The molecule has 0 spiro atoms. The highest BCUT2D eigenvalue weighted by Gasteiger charge is 2.22. The van der Waals surface area contributed by atoms with E-state index in [2.05, 4.69) is 20.1 Å². The van der Waals surface area contributed by atoms with Gasteiger partial charge in [0.15, 0.2) is 11.0 Å². The second-order valence-electron chi connectivity index (χ2n) is 8.36. The van der Waals surface area contributed by atoms with E-state index in [0.29, 0.717) is 23.7 Å². The topological polar surface area (TPSA) is 69.0 Å². The van der Waals surface area contributed by atoms with Gasteiger partial charge in [0, 0.05) is 29.2 Å². The number of hydrogen-bond donors (Lipinski definition) is 1. The summed E-state index contributed by atoms with van der Waals surface area (Å²) in [6, 6.07) is 23.3. The van der Waals surface area contributed by atoms with Gasteiger partial charge in [-0.25, -0.2) is 4.39 Å². The largest absolute Gasteiger partial charge is 0.376 e. The Kier molecular flexibility index (Phi) is 7.20. The van der Waals surface area contributed by atoms with E-state index in [-0.39, 0.29) is 17.8 Å². The number of aromatic nitrogens is 3. The van der Waals surface area contributed by atoms with Crippen molar-refractivity contribution in [3.8, 4) is 11.4 Å². The Bertz CT molecular complexity index is 1270. The lowest BCUT2D eigenvalue weighted by atomic mass is 10.1. The molecule has 0 unspecified atom stereocenters. The molecule has 1 amide bonds. The molecule has 5 rings (SSSR count). The molecule has 35 heavy (non-hydrogen) atoms. The number of amides is 1. The third kappa shape index (κ3) is 5.78. The van der Waals surface area contributed by atoms with Gasteiger partial charge in [-0.15, -0.1) is 10.2 Å². The minimum Gasteiger partial charge on any atom is -0.376 e. The minimum absolute atomic E-state index is 0.118. The Morgan fingerprint density at radius 3 is 2.51 bits per heavy atom. The normalized spacial score (nSPS) is 15.3. The fourth-order valence-corrected chi connectivity index (χ4v) is 4.89. The molecule has 3 aromatic carbocycles. The van der Waals surface area contributed by atoms with Gasteiger partial charge in [-0.2, -0.15) is 0 Å². The van der Waals surface area contributed by atoms with E-state index in [9.17, 15) is 9.18 Å². The van der Waals surface area contributed by atoms with Crippen molar-refractivity contribution in [3.05, 3.63) is 95.8 Å². The van der Waals surface area contributed by atoms with E-state index in [4.69, 9.17) is 4.74 Å². The van der Waals surface area contributed by atoms with E-state index in [0.717, 1.165) is 41.4 Å². The molecule has 8 heteroatoms. The minimum atomic E-state index is -0.283. The van der Waals surface area contributed by atoms with Crippen LogP contribution in [0.3, 0.4) is 0 Å². The van der Waals surface area contributed by atoms with Crippen LogP contribution in [0.5, 0.6) is 0 Å². The van der Waals surface area contributed by atoms with E-state index >= 15 is 0 Å². The van der Waals surface area contributed by atoms with Crippen molar-refractivity contribution in [2.24, 2.45) is 0 Å². The summed E-state index contributed by atoms with van der Waals surface area (Å²) in [5.74, 6) is 0.953. The summed E-state index contributed by atoms with van der Waals surface area (Å²) in [7, 11) is 0. The van der Waals surface area contributed by atoms with Crippen LogP contribution in [0.1, 0.15) is 28.8 Å². The predicted octanol–water partition coefficient (Wildman–Crippen LogP) is 5.81. The first-order valence-electron chi connectivity index (χ1n) is 11.5. The molecule has 178 valence electrons. The summed E-state index contributed by atoms with van der Waals surface area (Å²) in [5.41, 5.74) is 3.25. The van der Waals surface area contributed by atoms with Crippen LogP contribution in [0.2, 0.25) is 0 Å². The lowest BCUT2D eigenvalue weighted by molar-refractivity contribution is 0.0953. The molecule has 1 aliphatic rings. The number of para-hydroxylation sites is 1. The average Bonchev–Trinajstić information content (AvgIpc) is 3.55. The summed E-state index contributed by atoms with van der Waals surface area (Å²) >= 11 is 1.58. The Labute approximate surface area is 207 Å². The quantitative estimate of drug-likeness (QED) is 0.317. The molecule has 0 radical (unpaired) electrons. The maximum absolute atomic E-state index is 13.4. The van der Waals surface area contributed by atoms with Crippen LogP contribution < -0.4 is 5.32 Å². The number of nitrogens with one attached hydrogen (secondary N) is 1. The Morgan fingerprint density at radius 2 is 1.80 bits per heavy atom. The zero-order valence-corrected chi connectivity index (χ0v) is 19.9. The second kappa shape index (κ2) is 10.8. The number of anilines is 1. The number of ether oxygens (including phenoxy) is 1. The molecule has 6 nitrogen and oxygen atoms in total. The number of hydrogen-bond acceptors (Lipinski definition) is 5. The third-order valence-corrected chi connectivity index (χ3v) is 6.88. The molecule has 1 N–H and O–H groups in total. The number of benzene rings is 3. The molecule has 4 aromatic rings. The summed E-state index contributed by atoms with van der Waals surface area (Å²) in [5, 5.41) is 12.5. The SMILES string of the molecule is O=C(Nc1ccccc1)c1ccc(CSc2nnc(-c3ccc(F)cc3)n2C[C@@H]2CCCO2)cc1. The molecule has 1 atom stereocenters. The lowest BCUT2D eigenvalue weighted by Gasteiger charge is -2.15. The Balaban J connectivity index is 1.29. The molecule has 0 saturated carbocycles. The van der Waals surface area contributed by atoms with Crippen LogP contribution in [0.4, 0.5) is 10.1 Å². The Hall–Kier alpha value is -3.49. The van der Waals surface area contributed by atoms with Crippen molar-refractivity contribution in [1.82, 2.24) is 14.8 Å². The molecular weight excluding hydrogens is 463 g/mol. The van der Waals surface area contributed by atoms with Crippen molar-refractivity contribution in [3.63, 3.8) is 0 Å². The van der Waals surface area contributed by atoms with E-state index in [1.54, 1.807) is 23.9 Å². The fourth-order valence-electron chi connectivity index (χ4n) is 3.99. The maximum atomic E-state index is 13.4. The Morgan fingerprint density at radius 1 is 1.03 bits per heavy atom. The number of carbonyl (C=O) groups excluding carboxylic acids is 1. The van der Waals surface area contributed by atoms with Crippen molar-refractivity contribution in [2.75, 3.05) is 11.9 Å². The third-order valence-electron chi connectivity index (χ3n) is 5.85. The standard InChI is InChI=1S/C27H25FN4O2S/c28-22-14-12-20(13-15-22)25-30-31-27(32(25)17-24-7-4-16-34-24)35-18-19-8-10-21(11-9-19)26(33)29-23-5-2-1-3-6-23/h1-3,5-6,8-15,24H,4,7,16-18H2,(H,29,33)/t24-/m0/s1. The van der Waals surface area contributed by atoms with Gasteiger partial charge in [-0.1, -0.05) is 42.1 Å². The van der Waals surface area contributed by atoms with Crippen LogP contribution in [-0.4, -0.2) is 33.4 Å². The van der Waals surface area contributed by atoms with Gasteiger partial charge in [-0.3, -0.25) is 9.36 Å². The number of nitrogens with zero attached hydrogens (tertiary/aromatic N) is 3. The highest BCUT2D eigenvalue weighted by atomic mass is 32.2. The smallest absolute Gasteiger partial charge is 0.255 e. The van der Waals surface area contributed by atoms with Crippen LogP contribution in [0, 0.1) is 5.82 Å². The highest BCUT2D eigenvalue weighted by Crippen LogP contribution is 2.28. The van der Waals surface area contributed by atoms with Gasteiger partial charge in [0.05, 0.1) is 12.6 Å². The first kappa shape index (κ1) is 23.3. The van der Waals surface area contributed by atoms with Crippen molar-refractivity contribution in [1.29, 1.82) is 0 Å². The lowest BCUT2D eigenvalue weighted by Crippen LogP contribution is -2.16. The van der Waals surface area contributed by atoms with Gasteiger partial charge < -0.3 is 10.1 Å². The molecule has 0 bridgehead atoms. The van der Waals surface area contributed by atoms with Gasteiger partial charge in [0.2, 0.25) is 0 Å². The predicted molar refractivity (Wildman–Crippen MR) is 135 cm³/mol. The van der Waals surface area contributed by atoms with Gasteiger partial charge in [0.25, 0.3) is 5.91 Å². The van der Waals surface area contributed by atoms with Crippen LogP contribution in [0.25, 0.3) is 11.4 Å². The van der Waals surface area contributed by atoms with E-state index in [1.165, 1.54) is 12.1 Å². The van der Waals surface area contributed by atoms with Crippen molar-refractivity contribution < 1.29 is 13.9 Å². The van der Waals surface area contributed by atoms with Crippen molar-refractivity contribution in [2.45, 2.75) is 36.4 Å². The zero-order chi connectivity index (χ0) is 24.0. The summed E-state index contributed by atoms with van der Waals surface area (Å²) in [4.78, 5) is 12.5. The molecule has 0 aliphatic carbocycles. The summed E-state index contributed by atoms with van der Waals surface area (Å²) < 4.78 is 21.4. The van der Waals surface area contributed by atoms with E-state index in [1.807, 2.05) is 54.6 Å². The first-order chi connectivity index (χ1) is 17.2. The van der Waals surface area contributed by atoms with Crippen LogP contribution in [-0.2, 0) is 17.0 Å². The van der Waals surface area contributed by atoms with Crippen LogP contribution >= 0.6 is 11.8 Å². The molecule has 1 saturated heterocycles. The zero-order valence-electron chi connectivity index (χ0n) is 19.1. The summed E-state index contributed by atoms with van der Waals surface area (Å²) in [6.07, 6.45) is 2.16. The van der Waals surface area contributed by atoms with E-state index < -0.39 is 0 Å². The monoisotopic (exact) mass is 488 g/mol. The number of rotatable bonds is 8. The highest BCUT2D eigenvalue weighted by molar-refractivity contribution is 7.98.